The number of hydrogen-bond acceptors (Lipinski definition) is 4. The minimum absolute atomic E-state index is 0.0535. The molecule has 0 aliphatic rings. The molecule has 0 aliphatic carbocycles. The molecule has 134 valence electrons. The van der Waals surface area contributed by atoms with Crippen molar-refractivity contribution < 1.29 is 17.9 Å². The van der Waals surface area contributed by atoms with E-state index in [0.29, 0.717) is 25.1 Å². The number of amides is 1. The minimum atomic E-state index is -3.23. The van der Waals surface area contributed by atoms with Gasteiger partial charge in [-0.2, -0.15) is 0 Å². The summed E-state index contributed by atoms with van der Waals surface area (Å²) < 4.78 is 29.1. The van der Waals surface area contributed by atoms with Crippen LogP contribution in [0.25, 0.3) is 0 Å². The molecule has 0 aliphatic heterocycles. The van der Waals surface area contributed by atoms with Crippen LogP contribution in [0.5, 0.6) is 5.75 Å². The molecule has 6 heteroatoms. The van der Waals surface area contributed by atoms with Crippen LogP contribution in [0.1, 0.15) is 25.8 Å². The van der Waals surface area contributed by atoms with Gasteiger partial charge in [-0.05, 0) is 49.2 Å². The third-order valence-corrected chi connectivity index (χ3v) is 5.52. The molecule has 2 aromatic rings. The molecule has 0 radical (unpaired) electrons. The molecule has 0 unspecified atom stereocenters. The van der Waals surface area contributed by atoms with Crippen molar-refractivity contribution in [2.75, 3.05) is 17.7 Å². The van der Waals surface area contributed by atoms with Crippen LogP contribution in [0, 0.1) is 0 Å². The molecular formula is C19H23NO4S. The lowest BCUT2D eigenvalue weighted by molar-refractivity contribution is -0.116. The Hall–Kier alpha value is -2.34. The number of ether oxygens (including phenoxy) is 1. The summed E-state index contributed by atoms with van der Waals surface area (Å²) in [6.07, 6.45) is 0.892. The molecule has 1 N–H and O–H groups in total. The Kier molecular flexibility index (Phi) is 6.58. The van der Waals surface area contributed by atoms with E-state index in [4.69, 9.17) is 4.74 Å². The van der Waals surface area contributed by atoms with E-state index in [9.17, 15) is 13.2 Å². The van der Waals surface area contributed by atoms with Crippen molar-refractivity contribution in [3.63, 3.8) is 0 Å². The van der Waals surface area contributed by atoms with Crippen LogP contribution < -0.4 is 10.1 Å². The maximum Gasteiger partial charge on any atom is 0.224 e. The highest BCUT2D eigenvalue weighted by Crippen LogP contribution is 2.20. The zero-order valence-electron chi connectivity index (χ0n) is 14.5. The van der Waals surface area contributed by atoms with Crippen molar-refractivity contribution in [1.82, 2.24) is 0 Å². The van der Waals surface area contributed by atoms with E-state index < -0.39 is 9.84 Å². The van der Waals surface area contributed by atoms with E-state index in [1.54, 1.807) is 19.1 Å². The van der Waals surface area contributed by atoms with Gasteiger partial charge in [-0.1, -0.05) is 25.1 Å². The summed E-state index contributed by atoms with van der Waals surface area (Å²) in [6, 6.07) is 13.9. The molecule has 0 heterocycles. The molecule has 25 heavy (non-hydrogen) atoms. The first-order valence-corrected chi connectivity index (χ1v) is 9.95. The zero-order valence-corrected chi connectivity index (χ0v) is 15.3. The van der Waals surface area contributed by atoms with Gasteiger partial charge in [-0.3, -0.25) is 4.79 Å². The predicted octanol–water partition coefficient (Wildman–Crippen LogP) is 3.45. The molecule has 1 amide bonds. The maximum absolute atomic E-state index is 12.1. The number of anilines is 1. The van der Waals surface area contributed by atoms with Crippen LogP contribution in [0.3, 0.4) is 0 Å². The van der Waals surface area contributed by atoms with Crippen LogP contribution in [0.2, 0.25) is 0 Å². The lowest BCUT2D eigenvalue weighted by Crippen LogP contribution is -2.13. The van der Waals surface area contributed by atoms with E-state index in [1.807, 2.05) is 31.2 Å². The monoisotopic (exact) mass is 361 g/mol. The third kappa shape index (κ3) is 5.32. The van der Waals surface area contributed by atoms with Crippen molar-refractivity contribution in [3.8, 4) is 5.75 Å². The van der Waals surface area contributed by atoms with E-state index in [2.05, 4.69) is 5.32 Å². The summed E-state index contributed by atoms with van der Waals surface area (Å²) in [5, 5.41) is 2.79. The summed E-state index contributed by atoms with van der Waals surface area (Å²) in [6.45, 7) is 4.10. The number of sulfone groups is 1. The molecule has 2 rings (SSSR count). The first kappa shape index (κ1) is 19.0. The number of carbonyl (C=O) groups excluding carboxylic acids is 1. The molecule has 2 aromatic carbocycles. The summed E-state index contributed by atoms with van der Waals surface area (Å²) in [5.41, 5.74) is 1.57. The smallest absolute Gasteiger partial charge is 0.224 e. The van der Waals surface area contributed by atoms with Gasteiger partial charge in [0.1, 0.15) is 5.75 Å². The van der Waals surface area contributed by atoms with Crippen molar-refractivity contribution in [1.29, 1.82) is 0 Å². The van der Waals surface area contributed by atoms with Gasteiger partial charge in [0.15, 0.2) is 9.84 Å². The van der Waals surface area contributed by atoms with Crippen LogP contribution in [-0.4, -0.2) is 26.7 Å². The number of rotatable bonds is 8. The summed E-state index contributed by atoms with van der Waals surface area (Å²) in [7, 11) is -3.23. The summed E-state index contributed by atoms with van der Waals surface area (Å²) in [4.78, 5) is 12.4. The summed E-state index contributed by atoms with van der Waals surface area (Å²) in [5.74, 6) is 0.724. The molecule has 5 nitrogen and oxygen atoms in total. The van der Waals surface area contributed by atoms with Gasteiger partial charge < -0.3 is 10.1 Å². The van der Waals surface area contributed by atoms with E-state index in [1.165, 1.54) is 12.1 Å². The zero-order chi connectivity index (χ0) is 18.3. The Labute approximate surface area is 148 Å². The van der Waals surface area contributed by atoms with Gasteiger partial charge in [0.05, 0.1) is 17.3 Å². The topological polar surface area (TPSA) is 72.5 Å². The van der Waals surface area contributed by atoms with Gasteiger partial charge in [-0.25, -0.2) is 8.42 Å². The first-order valence-electron chi connectivity index (χ1n) is 8.29. The fourth-order valence-electron chi connectivity index (χ4n) is 2.39. The minimum Gasteiger partial charge on any atom is -0.494 e. The quantitative estimate of drug-likeness (QED) is 0.782. The second kappa shape index (κ2) is 8.67. The number of benzene rings is 2. The number of nitrogens with one attached hydrogen (secondary N) is 1. The Morgan fingerprint density at radius 1 is 1.04 bits per heavy atom. The second-order valence-corrected chi connectivity index (χ2v) is 7.79. The average Bonchev–Trinajstić information content (AvgIpc) is 2.62. The maximum atomic E-state index is 12.1. The third-order valence-electron chi connectivity index (χ3n) is 3.77. The molecule has 0 atom stereocenters. The standard InChI is InChI=1S/C19H23NO4S/c1-3-24-18-8-6-5-7-15(18)9-14-19(21)20-16-10-12-17(13-11-16)25(22,23)4-2/h5-8,10-13H,3-4,9,14H2,1-2H3,(H,20,21). The van der Waals surface area contributed by atoms with E-state index >= 15 is 0 Å². The highest BCUT2D eigenvalue weighted by Gasteiger charge is 2.11. The molecule has 0 saturated carbocycles. The van der Waals surface area contributed by atoms with Gasteiger partial charge in [0.25, 0.3) is 0 Å². The van der Waals surface area contributed by atoms with Crippen molar-refractivity contribution in [2.45, 2.75) is 31.6 Å². The first-order chi connectivity index (χ1) is 12.0. The van der Waals surface area contributed by atoms with Gasteiger partial charge in [0.2, 0.25) is 5.91 Å². The predicted molar refractivity (Wildman–Crippen MR) is 98.7 cm³/mol. The highest BCUT2D eigenvalue weighted by molar-refractivity contribution is 7.91. The van der Waals surface area contributed by atoms with Crippen LogP contribution >= 0.6 is 0 Å². The fraction of sp³-hybridized carbons (Fsp3) is 0.316. The van der Waals surface area contributed by atoms with E-state index in [0.717, 1.165) is 11.3 Å². The largest absolute Gasteiger partial charge is 0.494 e. The lowest BCUT2D eigenvalue weighted by Gasteiger charge is -2.10. The van der Waals surface area contributed by atoms with Gasteiger partial charge >= 0.3 is 0 Å². The normalized spacial score (nSPS) is 11.1. The molecule has 0 aromatic heterocycles. The number of aryl methyl sites for hydroxylation is 1. The second-order valence-electron chi connectivity index (χ2n) is 5.52. The molecule has 0 bridgehead atoms. The van der Waals surface area contributed by atoms with E-state index in [-0.39, 0.29) is 16.6 Å². The van der Waals surface area contributed by atoms with Crippen LogP contribution in [-0.2, 0) is 21.1 Å². The Balaban J connectivity index is 1.95. The fourth-order valence-corrected chi connectivity index (χ4v) is 3.27. The molecule has 0 spiro atoms. The SMILES string of the molecule is CCOc1ccccc1CCC(=O)Nc1ccc(S(=O)(=O)CC)cc1. The molecule has 0 fully saturated rings. The van der Waals surface area contributed by atoms with Crippen LogP contribution in [0.15, 0.2) is 53.4 Å². The number of carbonyl (C=O) groups is 1. The highest BCUT2D eigenvalue weighted by atomic mass is 32.2. The average molecular weight is 361 g/mol. The van der Waals surface area contributed by atoms with Crippen molar-refractivity contribution in [3.05, 3.63) is 54.1 Å². The van der Waals surface area contributed by atoms with Crippen molar-refractivity contribution in [2.24, 2.45) is 0 Å². The number of para-hydroxylation sites is 1. The Morgan fingerprint density at radius 2 is 1.72 bits per heavy atom. The molecular weight excluding hydrogens is 338 g/mol. The molecule has 0 saturated heterocycles. The lowest BCUT2D eigenvalue weighted by atomic mass is 10.1. The Bertz CT molecular complexity index is 814. The van der Waals surface area contributed by atoms with Crippen molar-refractivity contribution >= 4 is 21.4 Å². The number of hydrogen-bond donors (Lipinski definition) is 1. The van der Waals surface area contributed by atoms with Crippen LogP contribution in [0.4, 0.5) is 5.69 Å². The van der Waals surface area contributed by atoms with Gasteiger partial charge in [0, 0.05) is 12.1 Å². The summed E-state index contributed by atoms with van der Waals surface area (Å²) >= 11 is 0. The Morgan fingerprint density at radius 3 is 2.36 bits per heavy atom. The van der Waals surface area contributed by atoms with Gasteiger partial charge in [-0.15, -0.1) is 0 Å².